The number of rotatable bonds is 4. The topological polar surface area (TPSA) is 34.1 Å². The van der Waals surface area contributed by atoms with Crippen molar-refractivity contribution >= 4 is 11.6 Å². The molecule has 2 aromatic carbocycles. The second-order valence-electron chi connectivity index (χ2n) is 9.13. The van der Waals surface area contributed by atoms with Crippen LogP contribution in [0.1, 0.15) is 50.8 Å². The normalized spacial score (nSPS) is 14.8. The number of quaternary nitrogens is 2. The largest absolute Gasteiger partial charge is 0.289 e. The van der Waals surface area contributed by atoms with Gasteiger partial charge in [0.05, 0.1) is 54.3 Å². The van der Waals surface area contributed by atoms with Gasteiger partial charge in [0.25, 0.3) is 5.66 Å². The minimum absolute atomic E-state index is 0.0458. The van der Waals surface area contributed by atoms with Crippen molar-refractivity contribution in [2.75, 3.05) is 42.3 Å². The molecule has 2 aromatic rings. The number of benzene rings is 2. The minimum Gasteiger partial charge on any atom is -0.289 e. The maximum absolute atomic E-state index is 13.5. The van der Waals surface area contributed by atoms with Crippen LogP contribution >= 0.6 is 0 Å². The first-order valence-corrected chi connectivity index (χ1v) is 9.42. The van der Waals surface area contributed by atoms with Crippen LogP contribution in [0.3, 0.4) is 0 Å². The summed E-state index contributed by atoms with van der Waals surface area (Å²) in [5.41, 5.74) is 2.68. The lowest BCUT2D eigenvalue weighted by Gasteiger charge is -2.53. The molecule has 0 bridgehead atoms. The van der Waals surface area contributed by atoms with Crippen molar-refractivity contribution in [3.05, 3.63) is 70.3 Å². The summed E-state index contributed by atoms with van der Waals surface area (Å²) in [5.74, 6) is -0.106. The lowest BCUT2D eigenvalue weighted by atomic mass is 9.77. The second-order valence-corrected chi connectivity index (χ2v) is 9.13. The van der Waals surface area contributed by atoms with Gasteiger partial charge in [-0.3, -0.25) is 18.6 Å². The predicted octanol–water partition coefficient (Wildman–Crippen LogP) is 3.44. The van der Waals surface area contributed by atoms with E-state index in [-0.39, 0.29) is 17.2 Å². The maximum Gasteiger partial charge on any atom is 0.251 e. The molecule has 0 N–H and O–H groups in total. The molecule has 0 atom stereocenters. The van der Waals surface area contributed by atoms with Crippen molar-refractivity contribution in [3.63, 3.8) is 0 Å². The quantitative estimate of drug-likeness (QED) is 0.524. The molecule has 0 radical (unpaired) electrons. The minimum atomic E-state index is -0.381. The molecular weight excluding hydrogens is 336 g/mol. The molecule has 0 spiro atoms. The molecule has 0 saturated carbocycles. The summed E-state index contributed by atoms with van der Waals surface area (Å²) >= 11 is 0. The Kier molecular flexibility index (Phi) is 4.41. The molecule has 0 amide bonds. The van der Waals surface area contributed by atoms with E-state index in [1.54, 1.807) is 18.2 Å². The zero-order valence-electron chi connectivity index (χ0n) is 17.5. The van der Waals surface area contributed by atoms with E-state index in [9.17, 15) is 9.59 Å². The Hall–Kier alpha value is -2.30. The molecule has 0 saturated heterocycles. The van der Waals surface area contributed by atoms with Gasteiger partial charge < -0.3 is 0 Å². The van der Waals surface area contributed by atoms with Crippen molar-refractivity contribution in [2.45, 2.75) is 19.0 Å². The Morgan fingerprint density at radius 3 is 1.67 bits per heavy atom. The van der Waals surface area contributed by atoms with Gasteiger partial charge >= 0.3 is 0 Å². The highest BCUT2D eigenvalue weighted by Gasteiger charge is 2.56. The van der Waals surface area contributed by atoms with Crippen molar-refractivity contribution in [3.8, 4) is 0 Å². The zero-order valence-corrected chi connectivity index (χ0v) is 17.5. The number of ketones is 2. The lowest BCUT2D eigenvalue weighted by molar-refractivity contribution is -1.14. The second kappa shape index (κ2) is 6.11. The molecule has 0 unspecified atom stereocenters. The van der Waals surface area contributed by atoms with Crippen LogP contribution in [0.4, 0.5) is 0 Å². The van der Waals surface area contributed by atoms with Crippen molar-refractivity contribution in [1.82, 2.24) is 0 Å². The molecular formula is C23H30N2O2+2. The summed E-state index contributed by atoms with van der Waals surface area (Å²) in [6, 6.07) is 12.9. The Labute approximate surface area is 162 Å². The van der Waals surface area contributed by atoms with E-state index in [1.165, 1.54) is 0 Å². The lowest BCUT2D eigenvalue weighted by Crippen LogP contribution is -2.69. The third-order valence-corrected chi connectivity index (χ3v) is 6.10. The van der Waals surface area contributed by atoms with E-state index in [0.717, 1.165) is 12.0 Å². The predicted molar refractivity (Wildman–Crippen MR) is 108 cm³/mol. The summed E-state index contributed by atoms with van der Waals surface area (Å²) < 4.78 is 1.29. The van der Waals surface area contributed by atoms with Crippen LogP contribution < -0.4 is 0 Å². The number of hydrogen-bond acceptors (Lipinski definition) is 2. The van der Waals surface area contributed by atoms with Crippen LogP contribution in [0, 0.1) is 0 Å². The fraction of sp³-hybridized carbons (Fsp3) is 0.391. The highest BCUT2D eigenvalue weighted by Crippen LogP contribution is 2.44. The summed E-state index contributed by atoms with van der Waals surface area (Å²) in [5, 5.41) is 0. The number of fused-ring (bicyclic) bond motifs is 2. The standard InChI is InChI=1S/C23H30N2O2/c1-8-23(24(2,3)4,25(5,6)7)19-15-11-14-18-20(19)22(27)17-13-10-9-12-16(17)21(18)26/h9-15H,8H2,1-7H3/q+2. The first-order valence-electron chi connectivity index (χ1n) is 9.42. The Morgan fingerprint density at radius 1 is 0.704 bits per heavy atom. The summed E-state index contributed by atoms with van der Waals surface area (Å²) in [4.78, 5) is 26.7. The molecule has 0 aromatic heterocycles. The van der Waals surface area contributed by atoms with Crippen molar-refractivity contribution in [2.24, 2.45) is 0 Å². The molecule has 142 valence electrons. The molecule has 3 rings (SSSR count). The van der Waals surface area contributed by atoms with Crippen molar-refractivity contribution in [1.29, 1.82) is 0 Å². The van der Waals surface area contributed by atoms with Gasteiger partial charge in [0.15, 0.2) is 11.6 Å². The third-order valence-electron chi connectivity index (χ3n) is 6.10. The zero-order chi connectivity index (χ0) is 20.2. The van der Waals surface area contributed by atoms with Gasteiger partial charge in [-0.2, -0.15) is 0 Å². The van der Waals surface area contributed by atoms with Crippen LogP contribution in [0.15, 0.2) is 42.5 Å². The van der Waals surface area contributed by atoms with E-state index in [1.807, 2.05) is 24.3 Å². The van der Waals surface area contributed by atoms with Crippen LogP contribution in [0.2, 0.25) is 0 Å². The molecule has 4 heteroatoms. The molecule has 0 aliphatic heterocycles. The van der Waals surface area contributed by atoms with Crippen LogP contribution in [0.5, 0.6) is 0 Å². The molecule has 1 aliphatic carbocycles. The van der Waals surface area contributed by atoms with Gasteiger partial charge in [0.1, 0.15) is 0 Å². The molecule has 27 heavy (non-hydrogen) atoms. The van der Waals surface area contributed by atoms with Gasteiger partial charge in [-0.05, 0) is 6.07 Å². The monoisotopic (exact) mass is 366 g/mol. The van der Waals surface area contributed by atoms with Gasteiger partial charge in [-0.15, -0.1) is 0 Å². The average molecular weight is 367 g/mol. The van der Waals surface area contributed by atoms with Gasteiger partial charge in [-0.1, -0.05) is 43.3 Å². The number of hydrogen-bond donors (Lipinski definition) is 0. The van der Waals surface area contributed by atoms with E-state index in [2.05, 4.69) is 49.2 Å². The summed E-state index contributed by atoms with van der Waals surface area (Å²) in [7, 11) is 13.0. The molecule has 1 aliphatic rings. The highest BCUT2D eigenvalue weighted by atomic mass is 16.1. The molecule has 0 heterocycles. The van der Waals surface area contributed by atoms with E-state index in [4.69, 9.17) is 0 Å². The third kappa shape index (κ3) is 2.59. The first-order chi connectivity index (χ1) is 12.5. The highest BCUT2D eigenvalue weighted by molar-refractivity contribution is 6.28. The number of nitrogens with zero attached hydrogens (tertiary/aromatic N) is 2. The SMILES string of the molecule is CCC(c1cccc2c1C(=O)c1ccccc1C2=O)([N+](C)(C)C)[N+](C)(C)C. The van der Waals surface area contributed by atoms with Gasteiger partial charge in [0, 0.05) is 22.3 Å². The fourth-order valence-corrected chi connectivity index (χ4v) is 5.24. The summed E-state index contributed by atoms with van der Waals surface area (Å²) in [6.07, 6.45) is 0.833. The van der Waals surface area contributed by atoms with Crippen LogP contribution in [0.25, 0.3) is 0 Å². The van der Waals surface area contributed by atoms with E-state index in [0.29, 0.717) is 31.2 Å². The van der Waals surface area contributed by atoms with Crippen molar-refractivity contribution < 1.29 is 18.6 Å². The number of carbonyl (C=O) groups is 2. The Balaban J connectivity index is 2.41. The fourth-order valence-electron chi connectivity index (χ4n) is 5.24. The van der Waals surface area contributed by atoms with Gasteiger partial charge in [0.2, 0.25) is 0 Å². The average Bonchev–Trinajstić information content (AvgIpc) is 2.58. The maximum atomic E-state index is 13.5. The Bertz CT molecular complexity index is 916. The smallest absolute Gasteiger partial charge is 0.251 e. The first kappa shape index (κ1) is 19.5. The van der Waals surface area contributed by atoms with E-state index < -0.39 is 0 Å². The Morgan fingerprint density at radius 2 is 1.19 bits per heavy atom. The van der Waals surface area contributed by atoms with Crippen LogP contribution in [-0.2, 0) is 5.66 Å². The summed E-state index contributed by atoms with van der Waals surface area (Å²) in [6.45, 7) is 2.16. The van der Waals surface area contributed by atoms with Crippen LogP contribution in [-0.4, -0.2) is 62.8 Å². The van der Waals surface area contributed by atoms with Gasteiger partial charge in [-0.25, -0.2) is 0 Å². The number of carbonyl (C=O) groups excluding carboxylic acids is 2. The van der Waals surface area contributed by atoms with E-state index >= 15 is 0 Å². The molecule has 4 nitrogen and oxygen atoms in total. The molecule has 0 fully saturated rings.